The molecule has 0 amide bonds. The second-order valence-corrected chi connectivity index (χ2v) is 4.74. The Morgan fingerprint density at radius 1 is 1.11 bits per heavy atom. The fraction of sp³-hybridized carbons (Fsp3) is 0. The Hall–Kier alpha value is -1.63. The van der Waals surface area contributed by atoms with E-state index in [-0.39, 0.29) is 0 Å². The van der Waals surface area contributed by atoms with Crippen LogP contribution in [0.1, 0.15) is 0 Å². The predicted octanol–water partition coefficient (Wildman–Crippen LogP) is 3.01. The van der Waals surface area contributed by atoms with Gasteiger partial charge in [-0.25, -0.2) is 4.68 Å². The largest absolute Gasteiger partial charge is 0.218 e. The van der Waals surface area contributed by atoms with Crippen LogP contribution < -0.4 is 0 Å². The molecule has 0 saturated heterocycles. The molecule has 2 heterocycles. The highest BCUT2D eigenvalue weighted by Crippen LogP contribution is 2.33. The maximum Gasteiger partial charge on any atom is 0.209 e. The van der Waals surface area contributed by atoms with Crippen molar-refractivity contribution in [3.05, 3.63) is 39.6 Å². The summed E-state index contributed by atoms with van der Waals surface area (Å²) in [5.41, 5.74) is 1.04. The molecule has 0 unspecified atom stereocenters. The van der Waals surface area contributed by atoms with Gasteiger partial charge in [0, 0.05) is 0 Å². The summed E-state index contributed by atoms with van der Waals surface area (Å²) in [5, 5.41) is 18.9. The quantitative estimate of drug-likeness (QED) is 0.789. The molecule has 0 fully saturated rings. The molecule has 2 aromatic heterocycles. The minimum Gasteiger partial charge on any atom is -0.218 e. The molecule has 6 nitrogen and oxygen atoms in total. The number of aromatic amines is 1. The van der Waals surface area contributed by atoms with Crippen molar-refractivity contribution in [3.8, 4) is 17.1 Å². The Bertz CT molecular complexity index is 701. The normalized spacial score (nSPS) is 10.9. The number of halogens is 3. The smallest absolute Gasteiger partial charge is 0.209 e. The Morgan fingerprint density at radius 2 is 1.84 bits per heavy atom. The van der Waals surface area contributed by atoms with E-state index in [4.69, 9.17) is 34.8 Å². The predicted molar refractivity (Wildman–Crippen MR) is 71.8 cm³/mol. The van der Waals surface area contributed by atoms with Crippen LogP contribution in [0.4, 0.5) is 0 Å². The van der Waals surface area contributed by atoms with Gasteiger partial charge >= 0.3 is 0 Å². The standard InChI is InChI=1S/C10H5Cl3N6/c11-6-2-1-3-7(12)8(6)19-9(13)5(4-14-19)10-15-17-18-16-10/h1-4H,(H,15,16,17,18). The number of para-hydroxylation sites is 1. The van der Waals surface area contributed by atoms with E-state index in [9.17, 15) is 0 Å². The van der Waals surface area contributed by atoms with E-state index >= 15 is 0 Å². The monoisotopic (exact) mass is 314 g/mol. The molecule has 0 atom stereocenters. The zero-order valence-corrected chi connectivity index (χ0v) is 11.4. The first-order valence-electron chi connectivity index (χ1n) is 5.10. The van der Waals surface area contributed by atoms with Crippen molar-refractivity contribution in [2.75, 3.05) is 0 Å². The molecular formula is C10H5Cl3N6. The van der Waals surface area contributed by atoms with E-state index in [1.807, 2.05) is 0 Å². The van der Waals surface area contributed by atoms with Gasteiger partial charge in [0.05, 0.1) is 21.8 Å². The number of H-pyrrole nitrogens is 1. The van der Waals surface area contributed by atoms with Gasteiger partial charge in [-0.05, 0) is 17.3 Å². The molecule has 19 heavy (non-hydrogen) atoms. The zero-order chi connectivity index (χ0) is 13.4. The van der Waals surface area contributed by atoms with E-state index in [1.165, 1.54) is 10.9 Å². The van der Waals surface area contributed by atoms with Crippen molar-refractivity contribution in [1.29, 1.82) is 0 Å². The van der Waals surface area contributed by atoms with Crippen molar-refractivity contribution in [2.45, 2.75) is 0 Å². The molecule has 0 radical (unpaired) electrons. The zero-order valence-electron chi connectivity index (χ0n) is 9.18. The Balaban J connectivity index is 2.18. The first kappa shape index (κ1) is 12.4. The van der Waals surface area contributed by atoms with Gasteiger partial charge in [-0.1, -0.05) is 40.9 Å². The summed E-state index contributed by atoms with van der Waals surface area (Å²) in [6.45, 7) is 0. The van der Waals surface area contributed by atoms with Gasteiger partial charge in [0.1, 0.15) is 10.8 Å². The molecule has 0 aliphatic rings. The Morgan fingerprint density at radius 3 is 2.47 bits per heavy atom. The fourth-order valence-corrected chi connectivity index (χ4v) is 2.43. The number of hydrogen-bond donors (Lipinski definition) is 1. The number of tetrazole rings is 1. The minimum atomic E-state index is 0.302. The summed E-state index contributed by atoms with van der Waals surface area (Å²) < 4.78 is 1.43. The molecule has 3 aromatic rings. The first-order chi connectivity index (χ1) is 9.18. The third-order valence-corrected chi connectivity index (χ3v) is 3.42. The molecule has 3 rings (SSSR count). The van der Waals surface area contributed by atoms with Crippen molar-refractivity contribution in [1.82, 2.24) is 30.4 Å². The average Bonchev–Trinajstić information content (AvgIpc) is 3.00. The fourth-order valence-electron chi connectivity index (χ4n) is 1.61. The van der Waals surface area contributed by atoms with Crippen LogP contribution in [-0.2, 0) is 0 Å². The molecule has 0 bridgehead atoms. The molecule has 96 valence electrons. The van der Waals surface area contributed by atoms with Gasteiger partial charge in [0.25, 0.3) is 0 Å². The van der Waals surface area contributed by atoms with Crippen molar-refractivity contribution in [2.24, 2.45) is 0 Å². The van der Waals surface area contributed by atoms with Crippen LogP contribution in [0.3, 0.4) is 0 Å². The SMILES string of the molecule is Clc1cccc(Cl)c1-n1ncc(-c2nn[nH]n2)c1Cl. The summed E-state index contributed by atoms with van der Waals surface area (Å²) in [6.07, 6.45) is 1.52. The van der Waals surface area contributed by atoms with Crippen molar-refractivity contribution >= 4 is 34.8 Å². The van der Waals surface area contributed by atoms with E-state index < -0.39 is 0 Å². The second-order valence-electron chi connectivity index (χ2n) is 3.57. The minimum absolute atomic E-state index is 0.302. The molecule has 0 saturated carbocycles. The first-order valence-corrected chi connectivity index (χ1v) is 6.23. The maximum atomic E-state index is 6.26. The Kier molecular flexibility index (Phi) is 3.14. The summed E-state index contributed by atoms with van der Waals surface area (Å²) >= 11 is 18.5. The topological polar surface area (TPSA) is 72.3 Å². The van der Waals surface area contributed by atoms with Crippen LogP contribution in [0, 0.1) is 0 Å². The summed E-state index contributed by atoms with van der Waals surface area (Å²) in [6, 6.07) is 5.15. The van der Waals surface area contributed by atoms with Crippen LogP contribution >= 0.6 is 34.8 Å². The third-order valence-electron chi connectivity index (χ3n) is 2.45. The van der Waals surface area contributed by atoms with Crippen LogP contribution in [0.25, 0.3) is 17.1 Å². The number of rotatable bonds is 2. The van der Waals surface area contributed by atoms with Crippen molar-refractivity contribution < 1.29 is 0 Å². The lowest BCUT2D eigenvalue weighted by atomic mass is 10.3. The number of hydrogen-bond acceptors (Lipinski definition) is 4. The molecule has 0 aliphatic carbocycles. The number of nitrogens with one attached hydrogen (secondary N) is 1. The van der Waals surface area contributed by atoms with E-state index in [0.29, 0.717) is 32.3 Å². The molecule has 0 aliphatic heterocycles. The number of nitrogens with zero attached hydrogens (tertiary/aromatic N) is 5. The number of aromatic nitrogens is 6. The maximum absolute atomic E-state index is 6.26. The average molecular weight is 316 g/mol. The van der Waals surface area contributed by atoms with E-state index in [1.54, 1.807) is 18.2 Å². The highest BCUT2D eigenvalue weighted by atomic mass is 35.5. The van der Waals surface area contributed by atoms with Gasteiger partial charge in [0.2, 0.25) is 5.82 Å². The number of benzene rings is 1. The van der Waals surface area contributed by atoms with Gasteiger partial charge in [0.15, 0.2) is 0 Å². The van der Waals surface area contributed by atoms with Crippen LogP contribution in [-0.4, -0.2) is 30.4 Å². The summed E-state index contributed by atoms with van der Waals surface area (Å²) in [5.74, 6) is 0.347. The molecule has 1 N–H and O–H groups in total. The van der Waals surface area contributed by atoms with Crippen LogP contribution in [0.15, 0.2) is 24.4 Å². The highest BCUT2D eigenvalue weighted by Gasteiger charge is 2.18. The van der Waals surface area contributed by atoms with Gasteiger partial charge in [-0.2, -0.15) is 10.3 Å². The van der Waals surface area contributed by atoms with Gasteiger partial charge < -0.3 is 0 Å². The lowest BCUT2D eigenvalue weighted by molar-refractivity contribution is 0.881. The lowest BCUT2D eigenvalue weighted by Gasteiger charge is -2.07. The molecule has 1 aromatic carbocycles. The van der Waals surface area contributed by atoms with Crippen LogP contribution in [0.2, 0.25) is 15.2 Å². The summed E-state index contributed by atoms with van der Waals surface area (Å²) in [7, 11) is 0. The summed E-state index contributed by atoms with van der Waals surface area (Å²) in [4.78, 5) is 0. The van der Waals surface area contributed by atoms with Gasteiger partial charge in [-0.3, -0.25) is 0 Å². The third kappa shape index (κ3) is 2.07. The molecular weight excluding hydrogens is 311 g/mol. The lowest BCUT2D eigenvalue weighted by Crippen LogP contribution is -1.98. The molecule has 9 heteroatoms. The van der Waals surface area contributed by atoms with Crippen LogP contribution in [0.5, 0.6) is 0 Å². The van der Waals surface area contributed by atoms with E-state index in [0.717, 1.165) is 0 Å². The van der Waals surface area contributed by atoms with Crippen molar-refractivity contribution in [3.63, 3.8) is 0 Å². The van der Waals surface area contributed by atoms with Gasteiger partial charge in [-0.15, -0.1) is 10.2 Å². The van der Waals surface area contributed by atoms with E-state index in [2.05, 4.69) is 25.7 Å². The highest BCUT2D eigenvalue weighted by molar-refractivity contribution is 6.38. The second kappa shape index (κ2) is 4.80. The Labute approximate surface area is 122 Å². The molecule has 0 spiro atoms.